The molecule has 0 spiro atoms. The fourth-order valence-corrected chi connectivity index (χ4v) is 6.76. The molecule has 1 fully saturated rings. The molecule has 0 aliphatic carbocycles. The monoisotopic (exact) mass is 605 g/mol. The number of aryl methyl sites for hydroxylation is 1. The maximum atomic E-state index is 14.2. The van der Waals surface area contributed by atoms with Crippen molar-refractivity contribution in [2.24, 2.45) is 17.3 Å². The van der Waals surface area contributed by atoms with Gasteiger partial charge in [-0.25, -0.2) is 9.37 Å². The molecule has 1 aromatic heterocycles. The van der Waals surface area contributed by atoms with Crippen LogP contribution in [0.5, 0.6) is 0 Å². The molecule has 0 saturated carbocycles. The van der Waals surface area contributed by atoms with Crippen LogP contribution >= 0.6 is 0 Å². The van der Waals surface area contributed by atoms with Gasteiger partial charge in [0.2, 0.25) is 0 Å². The van der Waals surface area contributed by atoms with E-state index in [2.05, 4.69) is 9.71 Å². The maximum Gasteiger partial charge on any atom is 0.317 e. The number of Topliss-reactive ketones (excluding diaryl/α,β-unsaturated/α-hetero) is 1. The highest BCUT2D eigenvalue weighted by atomic mass is 32.2. The minimum absolute atomic E-state index is 0.190. The number of ketones is 1. The fourth-order valence-electron chi connectivity index (χ4n) is 5.78. The van der Waals surface area contributed by atoms with Gasteiger partial charge >= 0.3 is 5.97 Å². The summed E-state index contributed by atoms with van der Waals surface area (Å²) in [5, 5.41) is 8.74. The van der Waals surface area contributed by atoms with Gasteiger partial charge < -0.3 is 4.74 Å². The molecule has 4 atom stereocenters. The minimum Gasteiger partial charge on any atom is -0.461 e. The smallest absolute Gasteiger partial charge is 0.317 e. The van der Waals surface area contributed by atoms with E-state index in [4.69, 9.17) is 10.00 Å². The van der Waals surface area contributed by atoms with E-state index in [1.54, 1.807) is 36.4 Å². The number of hydrogen-bond acceptors (Lipinski definition) is 7. The highest BCUT2D eigenvalue weighted by Gasteiger charge is 2.51. The molecule has 1 N–H and O–H groups in total. The third kappa shape index (κ3) is 7.46. The number of esters is 1. The van der Waals surface area contributed by atoms with Crippen molar-refractivity contribution in [2.75, 3.05) is 4.72 Å². The molecule has 8 nitrogen and oxygen atoms in total. The van der Waals surface area contributed by atoms with Crippen LogP contribution in [-0.4, -0.2) is 31.3 Å². The molecular weight excluding hydrogens is 569 g/mol. The molecule has 0 bridgehead atoms. The largest absolute Gasteiger partial charge is 0.461 e. The van der Waals surface area contributed by atoms with Crippen molar-refractivity contribution >= 4 is 27.5 Å². The predicted molar refractivity (Wildman–Crippen MR) is 160 cm³/mol. The predicted octanol–water partition coefficient (Wildman–Crippen LogP) is 6.18. The topological polar surface area (TPSA) is 126 Å². The van der Waals surface area contributed by atoms with Gasteiger partial charge in [-0.3, -0.25) is 14.3 Å². The lowest BCUT2D eigenvalue weighted by Crippen LogP contribution is -2.50. The number of nitrogens with one attached hydrogen (secondary N) is 1. The van der Waals surface area contributed by atoms with Crippen molar-refractivity contribution < 1.29 is 27.1 Å². The number of nitriles is 1. The Bertz CT molecular complexity index is 1610. The third-order valence-electron chi connectivity index (χ3n) is 7.78. The van der Waals surface area contributed by atoms with Gasteiger partial charge in [0, 0.05) is 17.8 Å². The number of carbonyl (C=O) groups is 2. The third-order valence-corrected chi connectivity index (χ3v) is 9.07. The number of rotatable bonds is 10. The van der Waals surface area contributed by atoms with Crippen molar-refractivity contribution in [3.8, 4) is 6.07 Å². The Morgan fingerprint density at radius 1 is 1.07 bits per heavy atom. The molecule has 1 aliphatic heterocycles. The molecule has 3 aromatic rings. The lowest BCUT2D eigenvalue weighted by molar-refractivity contribution is -0.174. The number of pyridine rings is 1. The van der Waals surface area contributed by atoms with Crippen LogP contribution in [0, 0.1) is 34.4 Å². The first kappa shape index (κ1) is 31.8. The Kier molecular flexibility index (Phi) is 9.65. The Labute approximate surface area is 252 Å². The molecule has 226 valence electrons. The number of ether oxygens (including phenoxy) is 1. The number of nitrogens with zero attached hydrogens (tertiary/aromatic N) is 2. The second kappa shape index (κ2) is 13.0. The minimum atomic E-state index is -4.07. The Hall–Kier alpha value is -4.10. The molecule has 0 amide bonds. The Morgan fingerprint density at radius 2 is 1.79 bits per heavy atom. The Morgan fingerprint density at radius 3 is 2.40 bits per heavy atom. The molecule has 1 aliphatic rings. The lowest BCUT2D eigenvalue weighted by Gasteiger charge is -2.42. The van der Waals surface area contributed by atoms with Gasteiger partial charge in [0.15, 0.2) is 10.8 Å². The zero-order chi connectivity index (χ0) is 31.4. The average molecular weight is 606 g/mol. The first-order valence-corrected chi connectivity index (χ1v) is 15.8. The summed E-state index contributed by atoms with van der Waals surface area (Å²) in [5.74, 6) is -3.32. The molecule has 0 radical (unpaired) electrons. The normalized spacial score (nSPS) is 19.8. The van der Waals surface area contributed by atoms with Crippen molar-refractivity contribution in [3.05, 3.63) is 89.4 Å². The summed E-state index contributed by atoms with van der Waals surface area (Å²) in [7, 11) is -4.07. The van der Waals surface area contributed by atoms with Crippen LogP contribution in [0.3, 0.4) is 0 Å². The quantitative estimate of drug-likeness (QED) is 0.216. The van der Waals surface area contributed by atoms with Gasteiger partial charge in [-0.1, -0.05) is 58.4 Å². The summed E-state index contributed by atoms with van der Waals surface area (Å²) >= 11 is 0. The maximum absolute atomic E-state index is 14.2. The number of cyclic esters (lactones) is 1. The van der Waals surface area contributed by atoms with E-state index in [1.165, 1.54) is 30.5 Å². The lowest BCUT2D eigenvalue weighted by atomic mass is 9.65. The SMILES string of the molecule is CCC[C@@H]1OC(=O)C([C@H](c2cccc(NS(=O)(=O)c3ccc(C#N)cn3)c2)C(C)(C)C)C(=O)C1CCc1ccc(F)cc1. The van der Waals surface area contributed by atoms with Gasteiger partial charge in [-0.05, 0) is 72.2 Å². The van der Waals surface area contributed by atoms with E-state index < -0.39 is 45.3 Å². The van der Waals surface area contributed by atoms with Gasteiger partial charge in [-0.2, -0.15) is 13.7 Å². The van der Waals surface area contributed by atoms with E-state index in [1.807, 2.05) is 33.8 Å². The summed E-state index contributed by atoms with van der Waals surface area (Å²) in [6.45, 7) is 7.77. The van der Waals surface area contributed by atoms with Crippen molar-refractivity contribution in [3.63, 3.8) is 0 Å². The summed E-state index contributed by atoms with van der Waals surface area (Å²) < 4.78 is 48.0. The van der Waals surface area contributed by atoms with E-state index >= 15 is 0 Å². The summed E-state index contributed by atoms with van der Waals surface area (Å²) in [6, 6.07) is 17.3. The molecule has 10 heteroatoms. The molecule has 43 heavy (non-hydrogen) atoms. The van der Waals surface area contributed by atoms with Crippen LogP contribution < -0.4 is 4.72 Å². The molecule has 2 heterocycles. The zero-order valence-electron chi connectivity index (χ0n) is 24.7. The Balaban J connectivity index is 1.65. The molecular formula is C33H36FN3O5S. The van der Waals surface area contributed by atoms with E-state index in [0.29, 0.717) is 24.8 Å². The first-order valence-electron chi connectivity index (χ1n) is 14.3. The number of halogens is 1. The second-order valence-corrected chi connectivity index (χ2v) is 13.6. The van der Waals surface area contributed by atoms with Crippen molar-refractivity contribution in [1.29, 1.82) is 5.26 Å². The van der Waals surface area contributed by atoms with Crippen molar-refractivity contribution in [1.82, 2.24) is 4.98 Å². The highest BCUT2D eigenvalue weighted by molar-refractivity contribution is 7.92. The molecule has 2 aromatic carbocycles. The van der Waals surface area contributed by atoms with Crippen LogP contribution in [0.1, 0.15) is 69.6 Å². The molecule has 4 rings (SSSR count). The molecule has 2 unspecified atom stereocenters. The zero-order valence-corrected chi connectivity index (χ0v) is 25.5. The number of benzene rings is 2. The van der Waals surface area contributed by atoms with Crippen LogP contribution in [-0.2, 0) is 30.8 Å². The van der Waals surface area contributed by atoms with Crippen molar-refractivity contribution in [2.45, 2.75) is 70.4 Å². The van der Waals surface area contributed by atoms with Gasteiger partial charge in [-0.15, -0.1) is 0 Å². The number of aromatic nitrogens is 1. The number of sulfonamides is 1. The summed E-state index contributed by atoms with van der Waals surface area (Å²) in [6.07, 6.45) is 2.91. The average Bonchev–Trinajstić information content (AvgIpc) is 2.95. The van der Waals surface area contributed by atoms with Crippen LogP contribution in [0.2, 0.25) is 0 Å². The standard InChI is InChI=1S/C33H36FN3O5S/c1-5-7-27-26(16-12-21-10-14-24(34)15-11-21)31(38)29(32(39)42-27)30(33(2,3)4)23-8-6-9-25(18-23)37-43(40,41)28-17-13-22(19-35)20-36-28/h6,8-11,13-15,17-18,20,26-27,29-30,37H,5,7,12,16H2,1-4H3/t26?,27-,29?,30-/m0/s1. The fraction of sp³-hybridized carbons (Fsp3) is 0.394. The number of hydrogen-bond donors (Lipinski definition) is 1. The summed E-state index contributed by atoms with van der Waals surface area (Å²) in [4.78, 5) is 31.6. The summed E-state index contributed by atoms with van der Waals surface area (Å²) in [5.41, 5.74) is 1.40. The second-order valence-electron chi connectivity index (χ2n) is 12.0. The van der Waals surface area contributed by atoms with Crippen LogP contribution in [0.4, 0.5) is 10.1 Å². The number of anilines is 1. The van der Waals surface area contributed by atoms with Gasteiger partial charge in [0.25, 0.3) is 10.0 Å². The van der Waals surface area contributed by atoms with E-state index in [9.17, 15) is 22.4 Å². The van der Waals surface area contributed by atoms with Gasteiger partial charge in [0.05, 0.1) is 11.5 Å². The van der Waals surface area contributed by atoms with Gasteiger partial charge in [0.1, 0.15) is 23.9 Å². The van der Waals surface area contributed by atoms with Crippen LogP contribution in [0.15, 0.2) is 71.9 Å². The number of carbonyl (C=O) groups excluding carboxylic acids is 2. The van der Waals surface area contributed by atoms with Crippen LogP contribution in [0.25, 0.3) is 0 Å². The highest BCUT2D eigenvalue weighted by Crippen LogP contribution is 2.46. The first-order chi connectivity index (χ1) is 20.3. The van der Waals surface area contributed by atoms with E-state index in [-0.39, 0.29) is 27.9 Å². The molecule has 1 saturated heterocycles. The van der Waals surface area contributed by atoms with E-state index in [0.717, 1.165) is 12.0 Å².